The summed E-state index contributed by atoms with van der Waals surface area (Å²) >= 11 is 12.1. The van der Waals surface area contributed by atoms with Crippen LogP contribution in [0.25, 0.3) is 0 Å². The summed E-state index contributed by atoms with van der Waals surface area (Å²) < 4.78 is 0. The maximum atomic E-state index is 10.6. The van der Waals surface area contributed by atoms with Crippen molar-refractivity contribution in [2.75, 3.05) is 44.2 Å². The van der Waals surface area contributed by atoms with Gasteiger partial charge in [0.05, 0.1) is 12.1 Å². The number of halogens is 2. The fourth-order valence-corrected chi connectivity index (χ4v) is 4.42. The van der Waals surface area contributed by atoms with Gasteiger partial charge in [-0.1, -0.05) is 41.4 Å². The molecule has 2 saturated heterocycles. The Balaban J connectivity index is 1.32. The van der Waals surface area contributed by atoms with Crippen LogP contribution in [0.15, 0.2) is 48.5 Å². The number of hydrogen-bond donors (Lipinski definition) is 1. The van der Waals surface area contributed by atoms with Gasteiger partial charge in [-0.05, 0) is 35.9 Å². The Morgan fingerprint density at radius 2 is 1.63 bits per heavy atom. The lowest BCUT2D eigenvalue weighted by atomic mass is 10.1. The molecule has 0 bridgehead atoms. The van der Waals surface area contributed by atoms with E-state index in [1.54, 1.807) is 0 Å². The first-order valence-electron chi connectivity index (χ1n) is 9.48. The summed E-state index contributed by atoms with van der Waals surface area (Å²) in [6, 6.07) is 16.2. The Morgan fingerprint density at radius 3 is 2.33 bits per heavy atom. The SMILES string of the molecule is OC1CN(c2cccc(Cl)c2)CC1N1CCN(Cc2ccc(Cl)cc2)CC1. The second kappa shape index (κ2) is 8.38. The molecule has 2 aromatic carbocycles. The molecule has 2 fully saturated rings. The zero-order valence-corrected chi connectivity index (χ0v) is 16.8. The molecule has 2 unspecified atom stereocenters. The van der Waals surface area contributed by atoms with Crippen LogP contribution in [0, 0.1) is 0 Å². The minimum Gasteiger partial charge on any atom is -0.390 e. The van der Waals surface area contributed by atoms with Gasteiger partial charge in [0.2, 0.25) is 0 Å². The summed E-state index contributed by atoms with van der Waals surface area (Å²) in [5.41, 5.74) is 2.38. The number of hydrogen-bond acceptors (Lipinski definition) is 4. The van der Waals surface area contributed by atoms with Crippen LogP contribution in [-0.4, -0.2) is 66.3 Å². The van der Waals surface area contributed by atoms with Crippen LogP contribution in [0.4, 0.5) is 5.69 Å². The number of piperazine rings is 1. The lowest BCUT2D eigenvalue weighted by molar-refractivity contribution is 0.0424. The van der Waals surface area contributed by atoms with Crippen molar-refractivity contribution >= 4 is 28.9 Å². The molecule has 1 N–H and O–H groups in total. The van der Waals surface area contributed by atoms with Crippen molar-refractivity contribution < 1.29 is 5.11 Å². The molecule has 2 aromatic rings. The molecule has 0 radical (unpaired) electrons. The predicted octanol–water partition coefficient (Wildman–Crippen LogP) is 3.36. The highest BCUT2D eigenvalue weighted by molar-refractivity contribution is 6.31. The third-order valence-corrected chi connectivity index (χ3v) is 6.11. The van der Waals surface area contributed by atoms with Crippen LogP contribution < -0.4 is 4.90 Å². The number of rotatable bonds is 4. The Labute approximate surface area is 170 Å². The molecule has 0 saturated carbocycles. The molecule has 27 heavy (non-hydrogen) atoms. The van der Waals surface area contributed by atoms with Gasteiger partial charge in [-0.3, -0.25) is 9.80 Å². The van der Waals surface area contributed by atoms with E-state index < -0.39 is 0 Å². The summed E-state index contributed by atoms with van der Waals surface area (Å²) in [5.74, 6) is 0. The van der Waals surface area contributed by atoms with Gasteiger partial charge in [-0.15, -0.1) is 0 Å². The summed E-state index contributed by atoms with van der Waals surface area (Å²) in [5, 5.41) is 12.1. The normalized spacial score (nSPS) is 24.5. The van der Waals surface area contributed by atoms with Crippen molar-refractivity contribution in [3.8, 4) is 0 Å². The van der Waals surface area contributed by atoms with Gasteiger partial charge in [-0.2, -0.15) is 0 Å². The van der Waals surface area contributed by atoms with Gasteiger partial charge >= 0.3 is 0 Å². The molecule has 0 spiro atoms. The molecule has 0 aliphatic carbocycles. The smallest absolute Gasteiger partial charge is 0.0887 e. The average molecular weight is 406 g/mol. The summed E-state index contributed by atoms with van der Waals surface area (Å²) in [6.07, 6.45) is -0.327. The number of anilines is 1. The maximum absolute atomic E-state index is 10.6. The molecule has 0 amide bonds. The van der Waals surface area contributed by atoms with Gasteiger partial charge in [0.15, 0.2) is 0 Å². The average Bonchev–Trinajstić information content (AvgIpc) is 3.06. The maximum Gasteiger partial charge on any atom is 0.0887 e. The molecule has 2 atom stereocenters. The van der Waals surface area contributed by atoms with Gasteiger partial charge in [0.1, 0.15) is 0 Å². The Bertz CT molecular complexity index is 762. The van der Waals surface area contributed by atoms with Crippen LogP contribution >= 0.6 is 23.2 Å². The molecular weight excluding hydrogens is 381 g/mol. The van der Waals surface area contributed by atoms with E-state index in [-0.39, 0.29) is 12.1 Å². The minimum absolute atomic E-state index is 0.182. The molecule has 4 rings (SSSR count). The van der Waals surface area contributed by atoms with Crippen LogP contribution in [0.3, 0.4) is 0 Å². The van der Waals surface area contributed by atoms with Crippen LogP contribution in [0.5, 0.6) is 0 Å². The topological polar surface area (TPSA) is 30.0 Å². The zero-order valence-electron chi connectivity index (χ0n) is 15.3. The van der Waals surface area contributed by atoms with Crippen molar-refractivity contribution in [1.29, 1.82) is 0 Å². The van der Waals surface area contributed by atoms with Gasteiger partial charge in [-0.25, -0.2) is 0 Å². The van der Waals surface area contributed by atoms with Crippen LogP contribution in [-0.2, 0) is 6.54 Å². The third kappa shape index (κ3) is 4.58. The quantitative estimate of drug-likeness (QED) is 0.844. The van der Waals surface area contributed by atoms with E-state index in [9.17, 15) is 5.11 Å². The number of aliphatic hydroxyl groups excluding tert-OH is 1. The summed E-state index contributed by atoms with van der Waals surface area (Å²) in [7, 11) is 0. The fraction of sp³-hybridized carbons (Fsp3) is 0.429. The fourth-order valence-electron chi connectivity index (χ4n) is 4.11. The molecule has 0 aromatic heterocycles. The first-order valence-corrected chi connectivity index (χ1v) is 10.2. The Hall–Kier alpha value is -1.30. The van der Waals surface area contributed by atoms with Gasteiger partial charge in [0.25, 0.3) is 0 Å². The van der Waals surface area contributed by atoms with Gasteiger partial charge in [0, 0.05) is 61.5 Å². The number of β-amino-alcohol motifs (C(OH)–C–C–N with tert-alkyl or cyclic N) is 1. The largest absolute Gasteiger partial charge is 0.390 e. The highest BCUT2D eigenvalue weighted by atomic mass is 35.5. The van der Waals surface area contributed by atoms with E-state index in [0.29, 0.717) is 6.54 Å². The predicted molar refractivity (Wildman–Crippen MR) is 112 cm³/mol. The highest BCUT2D eigenvalue weighted by Gasteiger charge is 2.36. The van der Waals surface area contributed by atoms with Crippen LogP contribution in [0.1, 0.15) is 5.56 Å². The second-order valence-electron chi connectivity index (χ2n) is 7.46. The first kappa shape index (κ1) is 19.0. The summed E-state index contributed by atoms with van der Waals surface area (Å²) in [6.45, 7) is 6.46. The molecule has 4 nitrogen and oxygen atoms in total. The first-order chi connectivity index (χ1) is 13.1. The molecule has 6 heteroatoms. The standard InChI is InChI=1S/C21H25Cl2N3O/c22-17-6-4-16(5-7-17)13-24-8-10-25(11-9-24)20-14-26(15-21(20)27)19-3-1-2-18(23)12-19/h1-7,12,20-21,27H,8-11,13-15H2. The van der Waals surface area contributed by atoms with E-state index in [2.05, 4.69) is 32.9 Å². The lowest BCUT2D eigenvalue weighted by Gasteiger charge is -2.38. The number of benzene rings is 2. The second-order valence-corrected chi connectivity index (χ2v) is 8.33. The van der Waals surface area contributed by atoms with E-state index in [1.807, 2.05) is 30.3 Å². The van der Waals surface area contributed by atoms with Crippen molar-refractivity contribution in [3.63, 3.8) is 0 Å². The Kier molecular flexibility index (Phi) is 5.90. The third-order valence-electron chi connectivity index (χ3n) is 5.63. The van der Waals surface area contributed by atoms with E-state index in [4.69, 9.17) is 23.2 Å². The van der Waals surface area contributed by atoms with Crippen molar-refractivity contribution in [2.45, 2.75) is 18.7 Å². The number of aliphatic hydroxyl groups is 1. The zero-order chi connectivity index (χ0) is 18.8. The van der Waals surface area contributed by atoms with E-state index in [0.717, 1.165) is 55.0 Å². The number of nitrogens with zero attached hydrogens (tertiary/aromatic N) is 3. The monoisotopic (exact) mass is 405 g/mol. The molecule has 144 valence electrons. The van der Waals surface area contributed by atoms with Gasteiger partial charge < -0.3 is 10.0 Å². The van der Waals surface area contributed by atoms with Crippen molar-refractivity contribution in [2.24, 2.45) is 0 Å². The van der Waals surface area contributed by atoms with Crippen molar-refractivity contribution in [3.05, 3.63) is 64.1 Å². The lowest BCUT2D eigenvalue weighted by Crippen LogP contribution is -2.53. The highest BCUT2D eigenvalue weighted by Crippen LogP contribution is 2.26. The Morgan fingerprint density at radius 1 is 0.889 bits per heavy atom. The molecule has 2 aliphatic heterocycles. The molecular formula is C21H25Cl2N3O. The van der Waals surface area contributed by atoms with Crippen LogP contribution in [0.2, 0.25) is 10.0 Å². The van der Waals surface area contributed by atoms with Crippen molar-refractivity contribution in [1.82, 2.24) is 9.80 Å². The molecule has 2 heterocycles. The minimum atomic E-state index is -0.327. The van der Waals surface area contributed by atoms with E-state index in [1.165, 1.54) is 5.56 Å². The van der Waals surface area contributed by atoms with E-state index >= 15 is 0 Å². The summed E-state index contributed by atoms with van der Waals surface area (Å²) in [4.78, 5) is 7.14. The molecule has 2 aliphatic rings.